The standard InChI is InChI=1S/C14H21BrN4/c1-9(2)17-14(8-16)6-5-12(7-14)19-11(4)13(15)10(3)18-19/h9,12,17H,5-7H2,1-4H3. The van der Waals surface area contributed by atoms with Gasteiger partial charge in [-0.15, -0.1) is 0 Å². The summed E-state index contributed by atoms with van der Waals surface area (Å²) in [5, 5.41) is 17.5. The molecule has 2 rings (SSSR count). The summed E-state index contributed by atoms with van der Waals surface area (Å²) in [6, 6.07) is 3.13. The molecule has 5 heteroatoms. The van der Waals surface area contributed by atoms with E-state index in [2.05, 4.69) is 57.9 Å². The van der Waals surface area contributed by atoms with E-state index in [0.29, 0.717) is 12.1 Å². The molecule has 1 aromatic rings. The van der Waals surface area contributed by atoms with E-state index < -0.39 is 5.54 Å². The normalized spacial score (nSPS) is 26.9. The van der Waals surface area contributed by atoms with Gasteiger partial charge in [0.15, 0.2) is 0 Å². The van der Waals surface area contributed by atoms with Crippen molar-refractivity contribution in [3.63, 3.8) is 0 Å². The zero-order valence-electron chi connectivity index (χ0n) is 12.0. The highest BCUT2D eigenvalue weighted by atomic mass is 79.9. The van der Waals surface area contributed by atoms with Crippen molar-refractivity contribution in [3.8, 4) is 6.07 Å². The number of nitrogens with zero attached hydrogens (tertiary/aromatic N) is 3. The van der Waals surface area contributed by atoms with E-state index in [1.165, 1.54) is 0 Å². The van der Waals surface area contributed by atoms with E-state index >= 15 is 0 Å². The van der Waals surface area contributed by atoms with Gasteiger partial charge >= 0.3 is 0 Å². The molecule has 4 nitrogen and oxygen atoms in total. The van der Waals surface area contributed by atoms with Crippen LogP contribution in [0.5, 0.6) is 0 Å². The molecule has 19 heavy (non-hydrogen) atoms. The number of hydrogen-bond acceptors (Lipinski definition) is 3. The summed E-state index contributed by atoms with van der Waals surface area (Å²) >= 11 is 3.57. The molecular weight excluding hydrogens is 304 g/mol. The molecule has 0 aromatic carbocycles. The molecule has 1 N–H and O–H groups in total. The second kappa shape index (κ2) is 5.26. The third-order valence-electron chi connectivity index (χ3n) is 3.85. The molecule has 1 aliphatic carbocycles. The molecular formula is C14H21BrN4. The Morgan fingerprint density at radius 2 is 2.21 bits per heavy atom. The third kappa shape index (κ3) is 2.70. The number of rotatable bonds is 3. The lowest BCUT2D eigenvalue weighted by molar-refractivity contribution is 0.359. The Bertz CT molecular complexity index is 514. The van der Waals surface area contributed by atoms with E-state index in [9.17, 15) is 5.26 Å². The fraction of sp³-hybridized carbons (Fsp3) is 0.714. The summed E-state index contributed by atoms with van der Waals surface area (Å²) in [5.41, 5.74) is 1.78. The molecule has 1 fully saturated rings. The van der Waals surface area contributed by atoms with Crippen LogP contribution in [0, 0.1) is 25.2 Å². The first-order valence-electron chi connectivity index (χ1n) is 6.78. The summed E-state index contributed by atoms with van der Waals surface area (Å²) < 4.78 is 3.17. The van der Waals surface area contributed by atoms with Gasteiger partial charge in [-0.3, -0.25) is 10.00 Å². The lowest BCUT2D eigenvalue weighted by atomic mass is 9.98. The second-order valence-corrected chi connectivity index (χ2v) is 6.61. The van der Waals surface area contributed by atoms with Gasteiger partial charge < -0.3 is 0 Å². The maximum Gasteiger partial charge on any atom is 0.109 e. The third-order valence-corrected chi connectivity index (χ3v) is 5.00. The largest absolute Gasteiger partial charge is 0.297 e. The lowest BCUT2D eigenvalue weighted by Crippen LogP contribution is -2.45. The molecule has 0 bridgehead atoms. The van der Waals surface area contributed by atoms with Crippen LogP contribution in [0.2, 0.25) is 0 Å². The number of nitrogens with one attached hydrogen (secondary N) is 1. The van der Waals surface area contributed by atoms with Crippen molar-refractivity contribution in [2.24, 2.45) is 0 Å². The number of hydrogen-bond donors (Lipinski definition) is 1. The fourth-order valence-electron chi connectivity index (χ4n) is 3.04. The van der Waals surface area contributed by atoms with E-state index in [1.807, 2.05) is 6.92 Å². The predicted octanol–water partition coefficient (Wildman–Crippen LogP) is 3.25. The molecule has 0 radical (unpaired) electrons. The van der Waals surface area contributed by atoms with Crippen molar-refractivity contribution in [1.29, 1.82) is 5.26 Å². The van der Waals surface area contributed by atoms with Gasteiger partial charge in [0.25, 0.3) is 0 Å². The molecule has 1 aromatic heterocycles. The van der Waals surface area contributed by atoms with Crippen LogP contribution >= 0.6 is 15.9 Å². The minimum Gasteiger partial charge on any atom is -0.297 e. The van der Waals surface area contributed by atoms with Crippen molar-refractivity contribution in [1.82, 2.24) is 15.1 Å². The quantitative estimate of drug-likeness (QED) is 0.928. The van der Waals surface area contributed by atoms with Gasteiger partial charge in [0.1, 0.15) is 5.54 Å². The van der Waals surface area contributed by atoms with Crippen LogP contribution in [0.25, 0.3) is 0 Å². The summed E-state index contributed by atoms with van der Waals surface area (Å²) in [4.78, 5) is 0. The van der Waals surface area contributed by atoms with E-state index in [-0.39, 0.29) is 0 Å². The fourth-order valence-corrected chi connectivity index (χ4v) is 3.30. The minimum absolute atomic E-state index is 0.316. The Kier molecular flexibility index (Phi) is 4.03. The van der Waals surface area contributed by atoms with Gasteiger partial charge in [-0.2, -0.15) is 10.4 Å². The maximum absolute atomic E-state index is 9.51. The number of aromatic nitrogens is 2. The molecule has 1 aliphatic rings. The van der Waals surface area contributed by atoms with Gasteiger partial charge in [0.2, 0.25) is 0 Å². The van der Waals surface area contributed by atoms with Crippen molar-refractivity contribution < 1.29 is 0 Å². The van der Waals surface area contributed by atoms with Crippen LogP contribution in [0.15, 0.2) is 4.47 Å². The van der Waals surface area contributed by atoms with Crippen molar-refractivity contribution >= 4 is 15.9 Å². The van der Waals surface area contributed by atoms with Crippen LogP contribution in [-0.2, 0) is 0 Å². The number of nitriles is 1. The molecule has 0 aliphatic heterocycles. The average Bonchev–Trinajstić information content (AvgIpc) is 2.87. The Balaban J connectivity index is 2.22. The van der Waals surface area contributed by atoms with Gasteiger partial charge in [-0.1, -0.05) is 0 Å². The predicted molar refractivity (Wildman–Crippen MR) is 78.9 cm³/mol. The molecule has 0 amide bonds. The highest BCUT2D eigenvalue weighted by Gasteiger charge is 2.41. The Morgan fingerprint density at radius 1 is 1.53 bits per heavy atom. The van der Waals surface area contributed by atoms with E-state index in [0.717, 1.165) is 35.1 Å². The van der Waals surface area contributed by atoms with Crippen molar-refractivity contribution in [2.75, 3.05) is 0 Å². The van der Waals surface area contributed by atoms with Crippen LogP contribution < -0.4 is 5.32 Å². The molecule has 1 heterocycles. The van der Waals surface area contributed by atoms with Crippen LogP contribution in [0.4, 0.5) is 0 Å². The summed E-state index contributed by atoms with van der Waals surface area (Å²) in [6.07, 6.45) is 2.72. The lowest BCUT2D eigenvalue weighted by Gasteiger charge is -2.25. The van der Waals surface area contributed by atoms with Gasteiger partial charge in [-0.25, -0.2) is 0 Å². The maximum atomic E-state index is 9.51. The van der Waals surface area contributed by atoms with Crippen molar-refractivity contribution in [3.05, 3.63) is 15.9 Å². The number of halogens is 1. The van der Waals surface area contributed by atoms with E-state index in [1.54, 1.807) is 0 Å². The van der Waals surface area contributed by atoms with Crippen LogP contribution in [-0.4, -0.2) is 21.4 Å². The molecule has 0 saturated heterocycles. The molecule has 2 atom stereocenters. The molecule has 0 spiro atoms. The summed E-state index contributed by atoms with van der Waals surface area (Å²) in [7, 11) is 0. The first kappa shape index (κ1) is 14.5. The Hall–Kier alpha value is -0.860. The Labute approximate surface area is 123 Å². The highest BCUT2D eigenvalue weighted by Crippen LogP contribution is 2.39. The second-order valence-electron chi connectivity index (χ2n) is 5.82. The van der Waals surface area contributed by atoms with Gasteiger partial charge in [-0.05, 0) is 56.5 Å². The van der Waals surface area contributed by atoms with Gasteiger partial charge in [0.05, 0.1) is 28.0 Å². The van der Waals surface area contributed by atoms with Crippen LogP contribution in [0.3, 0.4) is 0 Å². The van der Waals surface area contributed by atoms with Gasteiger partial charge in [0, 0.05) is 12.5 Å². The smallest absolute Gasteiger partial charge is 0.109 e. The zero-order valence-corrected chi connectivity index (χ0v) is 13.6. The topological polar surface area (TPSA) is 53.6 Å². The Morgan fingerprint density at radius 3 is 2.68 bits per heavy atom. The first-order valence-corrected chi connectivity index (χ1v) is 7.58. The molecule has 2 unspecified atom stereocenters. The molecule has 1 saturated carbocycles. The summed E-state index contributed by atoms with van der Waals surface area (Å²) in [5.74, 6) is 0. The minimum atomic E-state index is -0.391. The zero-order chi connectivity index (χ0) is 14.2. The average molecular weight is 325 g/mol. The van der Waals surface area contributed by atoms with Crippen molar-refractivity contribution in [2.45, 2.75) is 64.6 Å². The SMILES string of the molecule is Cc1nn(C2CCC(C#N)(NC(C)C)C2)c(C)c1Br. The molecule has 104 valence electrons. The number of aryl methyl sites for hydroxylation is 1. The highest BCUT2D eigenvalue weighted by molar-refractivity contribution is 9.10. The van der Waals surface area contributed by atoms with E-state index in [4.69, 9.17) is 0 Å². The van der Waals surface area contributed by atoms with Crippen LogP contribution in [0.1, 0.15) is 50.5 Å². The summed E-state index contributed by atoms with van der Waals surface area (Å²) in [6.45, 7) is 8.26. The first-order chi connectivity index (χ1) is 8.88. The monoisotopic (exact) mass is 324 g/mol.